The van der Waals surface area contributed by atoms with Crippen molar-refractivity contribution in [3.8, 4) is 0 Å². The molecule has 18 heavy (non-hydrogen) atoms. The van der Waals surface area contributed by atoms with Gasteiger partial charge >= 0.3 is 0 Å². The summed E-state index contributed by atoms with van der Waals surface area (Å²) in [5.74, 6) is 0.00826. The Bertz CT molecular complexity index is 460. The zero-order chi connectivity index (χ0) is 13.3. The van der Waals surface area contributed by atoms with E-state index in [0.29, 0.717) is 0 Å². The van der Waals surface area contributed by atoms with Crippen molar-refractivity contribution in [2.45, 2.75) is 40.2 Å². The third-order valence-corrected chi connectivity index (χ3v) is 3.73. The lowest BCUT2D eigenvalue weighted by Gasteiger charge is -2.28. The van der Waals surface area contributed by atoms with E-state index in [1.54, 1.807) is 0 Å². The Hall–Kier alpha value is -1.51. The van der Waals surface area contributed by atoms with Gasteiger partial charge < -0.3 is 10.6 Å². The molecular formula is C15H22N2O. The number of amides is 1. The topological polar surface area (TPSA) is 41.1 Å². The molecule has 1 aliphatic heterocycles. The Labute approximate surface area is 109 Å². The summed E-state index contributed by atoms with van der Waals surface area (Å²) in [7, 11) is 0. The van der Waals surface area contributed by atoms with Crippen molar-refractivity contribution in [1.82, 2.24) is 5.32 Å². The number of rotatable bonds is 2. The van der Waals surface area contributed by atoms with Crippen molar-refractivity contribution in [3.63, 3.8) is 0 Å². The molecule has 0 aliphatic carbocycles. The van der Waals surface area contributed by atoms with Crippen LogP contribution < -0.4 is 10.6 Å². The molecule has 3 heteroatoms. The molecule has 1 unspecified atom stereocenters. The first-order chi connectivity index (χ1) is 8.38. The number of anilines is 1. The zero-order valence-corrected chi connectivity index (χ0v) is 11.6. The van der Waals surface area contributed by atoms with Crippen LogP contribution in [0.4, 0.5) is 5.69 Å². The van der Waals surface area contributed by atoms with Crippen LogP contribution in [0.25, 0.3) is 0 Å². The lowest BCUT2D eigenvalue weighted by molar-refractivity contribution is 0.0910. The Morgan fingerprint density at radius 2 is 2.11 bits per heavy atom. The summed E-state index contributed by atoms with van der Waals surface area (Å²) in [6.07, 6.45) is 1.05. The highest BCUT2D eigenvalue weighted by atomic mass is 16.1. The van der Waals surface area contributed by atoms with Gasteiger partial charge in [-0.2, -0.15) is 0 Å². The lowest BCUT2D eigenvalue weighted by Crippen LogP contribution is -2.41. The third-order valence-electron chi connectivity index (χ3n) is 3.73. The highest BCUT2D eigenvalue weighted by Crippen LogP contribution is 2.24. The second-order valence-corrected chi connectivity index (χ2v) is 6.11. The summed E-state index contributed by atoms with van der Waals surface area (Å²) in [5.41, 5.74) is 3.21. The lowest BCUT2D eigenvalue weighted by atomic mass is 9.88. The van der Waals surface area contributed by atoms with Gasteiger partial charge in [0.25, 0.3) is 5.91 Å². The Kier molecular flexibility index (Phi) is 3.33. The quantitative estimate of drug-likeness (QED) is 0.842. The molecule has 0 fully saturated rings. The molecule has 0 spiro atoms. The van der Waals surface area contributed by atoms with E-state index in [0.717, 1.165) is 24.2 Å². The van der Waals surface area contributed by atoms with Gasteiger partial charge in [-0.05, 0) is 36.5 Å². The van der Waals surface area contributed by atoms with E-state index < -0.39 is 0 Å². The van der Waals surface area contributed by atoms with Crippen LogP contribution in [0.1, 0.15) is 43.6 Å². The fourth-order valence-corrected chi connectivity index (χ4v) is 1.93. The van der Waals surface area contributed by atoms with Crippen LogP contribution in [-0.4, -0.2) is 18.5 Å². The van der Waals surface area contributed by atoms with Gasteiger partial charge in [-0.3, -0.25) is 4.79 Å². The van der Waals surface area contributed by atoms with Crippen molar-refractivity contribution in [2.24, 2.45) is 5.41 Å². The SMILES string of the molecule is CC(NC(=O)c1ccc2c(c1)NCC2)C(C)(C)C. The van der Waals surface area contributed by atoms with E-state index in [4.69, 9.17) is 0 Å². The molecule has 0 bridgehead atoms. The predicted octanol–water partition coefficient (Wildman–Crippen LogP) is 2.82. The fourth-order valence-electron chi connectivity index (χ4n) is 1.93. The first-order valence-corrected chi connectivity index (χ1v) is 6.55. The second kappa shape index (κ2) is 4.63. The molecule has 0 saturated heterocycles. The fraction of sp³-hybridized carbons (Fsp3) is 0.533. The summed E-state index contributed by atoms with van der Waals surface area (Å²) in [6.45, 7) is 9.40. The molecule has 0 saturated carbocycles. The maximum absolute atomic E-state index is 12.2. The van der Waals surface area contributed by atoms with Crippen LogP contribution in [0.2, 0.25) is 0 Å². The van der Waals surface area contributed by atoms with E-state index in [1.165, 1.54) is 5.56 Å². The number of benzene rings is 1. The molecule has 1 aromatic rings. The van der Waals surface area contributed by atoms with Crippen LogP contribution in [-0.2, 0) is 6.42 Å². The highest BCUT2D eigenvalue weighted by molar-refractivity contribution is 5.95. The molecule has 1 amide bonds. The molecule has 3 nitrogen and oxygen atoms in total. The first kappa shape index (κ1) is 12.9. The van der Waals surface area contributed by atoms with Crippen molar-refractivity contribution < 1.29 is 4.79 Å². The van der Waals surface area contributed by atoms with Crippen LogP contribution in [0.5, 0.6) is 0 Å². The van der Waals surface area contributed by atoms with Gasteiger partial charge in [-0.15, -0.1) is 0 Å². The molecule has 0 radical (unpaired) electrons. The van der Waals surface area contributed by atoms with Gasteiger partial charge in [0, 0.05) is 23.8 Å². The molecule has 1 atom stereocenters. The van der Waals surface area contributed by atoms with E-state index in [1.807, 2.05) is 25.1 Å². The van der Waals surface area contributed by atoms with Crippen LogP contribution in [0.3, 0.4) is 0 Å². The van der Waals surface area contributed by atoms with Crippen LogP contribution in [0.15, 0.2) is 18.2 Å². The minimum Gasteiger partial charge on any atom is -0.384 e. The summed E-state index contributed by atoms with van der Waals surface area (Å²) in [6, 6.07) is 6.06. The maximum Gasteiger partial charge on any atom is 0.251 e. The van der Waals surface area contributed by atoms with E-state index in [-0.39, 0.29) is 17.4 Å². The number of carbonyl (C=O) groups excluding carboxylic acids is 1. The van der Waals surface area contributed by atoms with Gasteiger partial charge in [0.15, 0.2) is 0 Å². The molecule has 1 aromatic carbocycles. The summed E-state index contributed by atoms with van der Waals surface area (Å²) < 4.78 is 0. The Morgan fingerprint density at radius 3 is 2.78 bits per heavy atom. The van der Waals surface area contributed by atoms with Gasteiger partial charge in [0.2, 0.25) is 0 Å². The van der Waals surface area contributed by atoms with Crippen LogP contribution >= 0.6 is 0 Å². The van der Waals surface area contributed by atoms with Crippen molar-refractivity contribution in [3.05, 3.63) is 29.3 Å². The number of fused-ring (bicyclic) bond motifs is 1. The summed E-state index contributed by atoms with van der Waals surface area (Å²) in [4.78, 5) is 12.2. The number of hydrogen-bond acceptors (Lipinski definition) is 2. The Morgan fingerprint density at radius 1 is 1.39 bits per heavy atom. The second-order valence-electron chi connectivity index (χ2n) is 6.11. The van der Waals surface area contributed by atoms with Crippen molar-refractivity contribution >= 4 is 11.6 Å². The molecule has 1 heterocycles. The molecular weight excluding hydrogens is 224 g/mol. The average molecular weight is 246 g/mol. The standard InChI is InChI=1S/C15H22N2O/c1-10(15(2,3)4)17-14(18)12-6-5-11-7-8-16-13(11)9-12/h5-6,9-10,16H,7-8H2,1-4H3,(H,17,18). The van der Waals surface area contributed by atoms with Gasteiger partial charge in [0.1, 0.15) is 0 Å². The van der Waals surface area contributed by atoms with E-state index in [2.05, 4.69) is 31.4 Å². The minimum atomic E-state index is 0.00826. The monoisotopic (exact) mass is 246 g/mol. The summed E-state index contributed by atoms with van der Waals surface area (Å²) in [5, 5.41) is 6.36. The van der Waals surface area contributed by atoms with Gasteiger partial charge in [0.05, 0.1) is 0 Å². The van der Waals surface area contributed by atoms with Crippen LogP contribution in [0, 0.1) is 5.41 Å². The molecule has 0 aromatic heterocycles. The van der Waals surface area contributed by atoms with E-state index in [9.17, 15) is 4.79 Å². The normalized spacial score (nSPS) is 15.8. The molecule has 2 N–H and O–H groups in total. The molecule has 2 rings (SSSR count). The highest BCUT2D eigenvalue weighted by Gasteiger charge is 2.22. The van der Waals surface area contributed by atoms with Crippen molar-refractivity contribution in [1.29, 1.82) is 0 Å². The summed E-state index contributed by atoms with van der Waals surface area (Å²) >= 11 is 0. The predicted molar refractivity (Wildman–Crippen MR) is 75.0 cm³/mol. The number of hydrogen-bond donors (Lipinski definition) is 2. The zero-order valence-electron chi connectivity index (χ0n) is 11.6. The van der Waals surface area contributed by atoms with Crippen molar-refractivity contribution in [2.75, 3.05) is 11.9 Å². The number of nitrogens with one attached hydrogen (secondary N) is 2. The largest absolute Gasteiger partial charge is 0.384 e. The molecule has 1 aliphatic rings. The van der Waals surface area contributed by atoms with Gasteiger partial charge in [-0.1, -0.05) is 26.8 Å². The number of carbonyl (C=O) groups is 1. The third kappa shape index (κ3) is 2.66. The Balaban J connectivity index is 2.10. The molecule has 98 valence electrons. The first-order valence-electron chi connectivity index (χ1n) is 6.55. The maximum atomic E-state index is 12.2. The smallest absolute Gasteiger partial charge is 0.251 e. The van der Waals surface area contributed by atoms with Gasteiger partial charge in [-0.25, -0.2) is 0 Å². The average Bonchev–Trinajstić information content (AvgIpc) is 2.74. The minimum absolute atomic E-state index is 0.00826. The van der Waals surface area contributed by atoms with E-state index >= 15 is 0 Å².